The van der Waals surface area contributed by atoms with Gasteiger partial charge < -0.3 is 19.9 Å². The first kappa shape index (κ1) is 20.3. The minimum absolute atomic E-state index is 0.860. The normalized spacial score (nSPS) is 15.5. The molecule has 21 heavy (non-hydrogen) atoms. The summed E-state index contributed by atoms with van der Waals surface area (Å²) in [4.78, 5) is 16.4. The van der Waals surface area contributed by atoms with E-state index in [9.17, 15) is 4.79 Å². The van der Waals surface area contributed by atoms with Crippen LogP contribution in [0.3, 0.4) is 0 Å². The molecule has 1 saturated heterocycles. The number of amides is 1. The number of ether oxygens (including phenoxy) is 1. The largest absolute Gasteiger partial charge is 0.379 e. The fourth-order valence-corrected chi connectivity index (χ4v) is 1.88. The van der Waals surface area contributed by atoms with Gasteiger partial charge in [-0.3, -0.25) is 9.69 Å². The van der Waals surface area contributed by atoms with Gasteiger partial charge in [0, 0.05) is 39.8 Å². The first-order valence-corrected chi connectivity index (χ1v) is 7.85. The number of unbranched alkanes of at least 4 members (excludes halogenated alkanes) is 1. The molecule has 6 heteroatoms. The fraction of sp³-hybridized carbons (Fsp3) is 0.933. The third-order valence-electron chi connectivity index (χ3n) is 3.33. The number of carbonyl (C=O) groups excluding carboxylic acids is 1. The Kier molecular flexibility index (Phi) is 13.8. The molecular weight excluding hydrogens is 268 g/mol. The van der Waals surface area contributed by atoms with E-state index in [2.05, 4.69) is 29.2 Å². The summed E-state index contributed by atoms with van der Waals surface area (Å²) in [6.45, 7) is 8.26. The van der Waals surface area contributed by atoms with Crippen LogP contribution in [0.25, 0.3) is 0 Å². The van der Waals surface area contributed by atoms with Gasteiger partial charge >= 0.3 is 0 Å². The maximum absolute atomic E-state index is 10.1. The van der Waals surface area contributed by atoms with E-state index in [0.717, 1.165) is 65.2 Å². The van der Waals surface area contributed by atoms with Crippen molar-refractivity contribution in [3.63, 3.8) is 0 Å². The number of likely N-dealkylation sites (N-methyl/N-ethyl adjacent to an activating group) is 1. The number of hydrogen-bond donors (Lipinski definition) is 1. The highest BCUT2D eigenvalue weighted by Gasteiger charge is 2.09. The molecule has 1 fully saturated rings. The van der Waals surface area contributed by atoms with E-state index in [1.165, 1.54) is 6.54 Å². The zero-order valence-corrected chi connectivity index (χ0v) is 14.3. The second-order valence-corrected chi connectivity index (χ2v) is 5.65. The third kappa shape index (κ3) is 14.0. The van der Waals surface area contributed by atoms with Crippen molar-refractivity contribution in [1.82, 2.24) is 20.0 Å². The van der Waals surface area contributed by atoms with E-state index in [4.69, 9.17) is 4.74 Å². The molecule has 0 aromatic carbocycles. The summed E-state index contributed by atoms with van der Waals surface area (Å²) in [6.07, 6.45) is 3.07. The molecule has 0 saturated carbocycles. The average molecular weight is 302 g/mol. The van der Waals surface area contributed by atoms with E-state index in [-0.39, 0.29) is 0 Å². The zero-order valence-electron chi connectivity index (χ0n) is 14.3. The van der Waals surface area contributed by atoms with E-state index in [1.807, 2.05) is 7.05 Å². The molecule has 0 spiro atoms. The maximum atomic E-state index is 10.1. The van der Waals surface area contributed by atoms with Gasteiger partial charge in [0.1, 0.15) is 0 Å². The van der Waals surface area contributed by atoms with Gasteiger partial charge in [0.15, 0.2) is 0 Å². The Balaban J connectivity index is 0.000000384. The minimum Gasteiger partial charge on any atom is -0.379 e. The molecule has 0 bridgehead atoms. The molecule has 1 amide bonds. The summed E-state index contributed by atoms with van der Waals surface area (Å²) < 4.78 is 5.25. The van der Waals surface area contributed by atoms with Gasteiger partial charge in [-0.25, -0.2) is 0 Å². The molecule has 0 aromatic rings. The van der Waals surface area contributed by atoms with Crippen molar-refractivity contribution in [3.8, 4) is 0 Å². The Labute approximate surface area is 130 Å². The van der Waals surface area contributed by atoms with Crippen LogP contribution >= 0.6 is 0 Å². The van der Waals surface area contributed by atoms with Crippen LogP contribution in [0.2, 0.25) is 0 Å². The SMILES string of the molecule is CN(C)CCN1CCOCC1.CNCCCCN(C)C=O. The van der Waals surface area contributed by atoms with Crippen molar-refractivity contribution in [2.24, 2.45) is 0 Å². The van der Waals surface area contributed by atoms with Crippen LogP contribution in [0.5, 0.6) is 0 Å². The van der Waals surface area contributed by atoms with Crippen LogP contribution in [0.4, 0.5) is 0 Å². The molecule has 1 aliphatic heterocycles. The molecule has 0 atom stereocenters. The Morgan fingerprint density at radius 1 is 1.14 bits per heavy atom. The van der Waals surface area contributed by atoms with Gasteiger partial charge in [0.2, 0.25) is 6.41 Å². The Morgan fingerprint density at radius 3 is 2.33 bits per heavy atom. The van der Waals surface area contributed by atoms with Gasteiger partial charge in [-0.1, -0.05) is 0 Å². The number of rotatable bonds is 9. The van der Waals surface area contributed by atoms with Crippen molar-refractivity contribution in [2.75, 3.05) is 80.7 Å². The third-order valence-corrected chi connectivity index (χ3v) is 3.33. The van der Waals surface area contributed by atoms with E-state index in [1.54, 1.807) is 11.9 Å². The summed E-state index contributed by atoms with van der Waals surface area (Å²) in [5, 5.41) is 3.05. The molecule has 0 aliphatic carbocycles. The van der Waals surface area contributed by atoms with Crippen LogP contribution in [-0.4, -0.2) is 102 Å². The van der Waals surface area contributed by atoms with E-state index < -0.39 is 0 Å². The second-order valence-electron chi connectivity index (χ2n) is 5.65. The summed E-state index contributed by atoms with van der Waals surface area (Å²) in [6, 6.07) is 0. The molecule has 126 valence electrons. The smallest absolute Gasteiger partial charge is 0.209 e. The Bertz CT molecular complexity index is 234. The Hall–Kier alpha value is -0.690. The van der Waals surface area contributed by atoms with Crippen LogP contribution in [0.1, 0.15) is 12.8 Å². The molecule has 0 radical (unpaired) electrons. The molecule has 6 nitrogen and oxygen atoms in total. The highest BCUT2D eigenvalue weighted by molar-refractivity contribution is 5.46. The molecule has 1 rings (SSSR count). The van der Waals surface area contributed by atoms with Gasteiger partial charge in [-0.05, 0) is 40.5 Å². The van der Waals surface area contributed by atoms with Crippen molar-refractivity contribution in [2.45, 2.75) is 12.8 Å². The molecule has 1 aliphatic rings. The number of nitrogens with one attached hydrogen (secondary N) is 1. The van der Waals surface area contributed by atoms with E-state index in [0.29, 0.717) is 0 Å². The predicted octanol–water partition coefficient (Wildman–Crippen LogP) is -0.0456. The summed E-state index contributed by atoms with van der Waals surface area (Å²) in [5.41, 5.74) is 0. The average Bonchev–Trinajstić information content (AvgIpc) is 2.51. The lowest BCUT2D eigenvalue weighted by atomic mass is 10.3. The number of morpholine rings is 1. The van der Waals surface area contributed by atoms with Gasteiger partial charge in [0.05, 0.1) is 13.2 Å². The number of carbonyl (C=O) groups is 1. The lowest BCUT2D eigenvalue weighted by Gasteiger charge is -2.27. The molecule has 0 aromatic heterocycles. The van der Waals surface area contributed by atoms with Crippen molar-refractivity contribution in [1.29, 1.82) is 0 Å². The fourth-order valence-electron chi connectivity index (χ4n) is 1.88. The Morgan fingerprint density at radius 2 is 1.81 bits per heavy atom. The van der Waals surface area contributed by atoms with E-state index >= 15 is 0 Å². The zero-order chi connectivity index (χ0) is 15.9. The van der Waals surface area contributed by atoms with Gasteiger partial charge in [-0.15, -0.1) is 0 Å². The predicted molar refractivity (Wildman–Crippen MR) is 87.7 cm³/mol. The number of hydrogen-bond acceptors (Lipinski definition) is 5. The highest BCUT2D eigenvalue weighted by atomic mass is 16.5. The highest BCUT2D eigenvalue weighted by Crippen LogP contribution is 1.95. The standard InChI is InChI=1S/C8H18N2O.C7H16N2O/c1-9(2)3-4-10-5-7-11-8-6-10;1-8-5-3-4-6-9(2)7-10/h3-8H2,1-2H3;7-8H,3-6H2,1-2H3. The summed E-state index contributed by atoms with van der Waals surface area (Å²) in [5.74, 6) is 0. The summed E-state index contributed by atoms with van der Waals surface area (Å²) >= 11 is 0. The lowest BCUT2D eigenvalue weighted by molar-refractivity contribution is -0.117. The summed E-state index contributed by atoms with van der Waals surface area (Å²) in [7, 11) is 7.96. The first-order valence-electron chi connectivity index (χ1n) is 7.85. The monoisotopic (exact) mass is 302 g/mol. The molecule has 1 N–H and O–H groups in total. The van der Waals surface area contributed by atoms with Gasteiger partial charge in [0.25, 0.3) is 0 Å². The maximum Gasteiger partial charge on any atom is 0.209 e. The van der Waals surface area contributed by atoms with Crippen LogP contribution in [0.15, 0.2) is 0 Å². The van der Waals surface area contributed by atoms with Gasteiger partial charge in [-0.2, -0.15) is 0 Å². The molecular formula is C15H34N4O2. The second kappa shape index (κ2) is 14.3. The quantitative estimate of drug-likeness (QED) is 0.478. The topological polar surface area (TPSA) is 48.1 Å². The van der Waals surface area contributed by atoms with Crippen molar-refractivity contribution >= 4 is 6.41 Å². The number of nitrogens with zero attached hydrogens (tertiary/aromatic N) is 3. The van der Waals surface area contributed by atoms with Crippen LogP contribution in [0, 0.1) is 0 Å². The van der Waals surface area contributed by atoms with Crippen LogP contribution in [-0.2, 0) is 9.53 Å². The van der Waals surface area contributed by atoms with Crippen LogP contribution < -0.4 is 5.32 Å². The van der Waals surface area contributed by atoms with Crippen molar-refractivity contribution in [3.05, 3.63) is 0 Å². The van der Waals surface area contributed by atoms with Crippen molar-refractivity contribution < 1.29 is 9.53 Å². The first-order chi connectivity index (χ1) is 10.1. The lowest BCUT2D eigenvalue weighted by Crippen LogP contribution is -2.40. The minimum atomic E-state index is 0.860. The molecule has 0 unspecified atom stereocenters. The molecule has 1 heterocycles.